The summed E-state index contributed by atoms with van der Waals surface area (Å²) >= 11 is 0. The van der Waals surface area contributed by atoms with Gasteiger partial charge in [-0.25, -0.2) is 4.79 Å². The Bertz CT molecular complexity index is 500. The number of nitrogens with zero attached hydrogens (tertiary/aromatic N) is 1. The van der Waals surface area contributed by atoms with E-state index in [0.29, 0.717) is 0 Å². The van der Waals surface area contributed by atoms with Gasteiger partial charge in [0.1, 0.15) is 0 Å². The minimum Gasteiger partial charge on any atom is -0.465 e. The van der Waals surface area contributed by atoms with Crippen LogP contribution in [-0.4, -0.2) is 17.6 Å². The van der Waals surface area contributed by atoms with Crippen molar-refractivity contribution >= 4 is 11.7 Å². The molecular formula is C11H14N2O3. The highest BCUT2D eigenvalue weighted by atomic mass is 16.5. The van der Waals surface area contributed by atoms with Crippen molar-refractivity contribution < 1.29 is 9.53 Å². The Labute approximate surface area is 92.8 Å². The van der Waals surface area contributed by atoms with Crippen molar-refractivity contribution in [2.75, 3.05) is 12.8 Å². The molecule has 5 nitrogen and oxygen atoms in total. The molecular weight excluding hydrogens is 208 g/mol. The normalized spacial score (nSPS) is 16.9. The molecule has 0 unspecified atom stereocenters. The van der Waals surface area contributed by atoms with Gasteiger partial charge in [-0.2, -0.15) is 0 Å². The summed E-state index contributed by atoms with van der Waals surface area (Å²) in [5.41, 5.74) is 5.69. The Morgan fingerprint density at radius 2 is 2.19 bits per heavy atom. The van der Waals surface area contributed by atoms with Crippen LogP contribution in [0.1, 0.15) is 30.1 Å². The van der Waals surface area contributed by atoms with Gasteiger partial charge in [0.15, 0.2) is 0 Å². The van der Waals surface area contributed by atoms with Crippen LogP contribution in [0.15, 0.2) is 17.1 Å². The van der Waals surface area contributed by atoms with Crippen molar-refractivity contribution in [1.29, 1.82) is 0 Å². The molecule has 5 heteroatoms. The van der Waals surface area contributed by atoms with Crippen molar-refractivity contribution in [3.8, 4) is 0 Å². The molecule has 1 aromatic rings. The van der Waals surface area contributed by atoms with Crippen LogP contribution in [0.2, 0.25) is 0 Å². The monoisotopic (exact) mass is 222 g/mol. The number of nitrogen functional groups attached to an aromatic ring is 1. The van der Waals surface area contributed by atoms with Gasteiger partial charge < -0.3 is 15.0 Å². The topological polar surface area (TPSA) is 74.3 Å². The average molecular weight is 222 g/mol. The molecule has 1 aliphatic carbocycles. The molecule has 0 aromatic carbocycles. The first-order valence-electron chi connectivity index (χ1n) is 5.09. The van der Waals surface area contributed by atoms with Crippen LogP contribution in [0.5, 0.6) is 0 Å². The molecule has 2 rings (SSSR count). The van der Waals surface area contributed by atoms with E-state index in [1.165, 1.54) is 19.4 Å². The Kier molecular flexibility index (Phi) is 2.26. The summed E-state index contributed by atoms with van der Waals surface area (Å²) in [6, 6.07) is 1.27. The Balaban J connectivity index is 2.56. The third kappa shape index (κ3) is 1.58. The van der Waals surface area contributed by atoms with Gasteiger partial charge in [0.05, 0.1) is 18.4 Å². The summed E-state index contributed by atoms with van der Waals surface area (Å²) in [7, 11) is 1.29. The zero-order valence-corrected chi connectivity index (χ0v) is 9.32. The zero-order chi connectivity index (χ0) is 11.9. The highest BCUT2D eigenvalue weighted by Crippen LogP contribution is 2.41. The number of pyridine rings is 1. The van der Waals surface area contributed by atoms with Crippen LogP contribution in [0.25, 0.3) is 0 Å². The molecule has 1 heterocycles. The number of carbonyl (C=O) groups is 1. The van der Waals surface area contributed by atoms with Gasteiger partial charge in [0.2, 0.25) is 0 Å². The van der Waals surface area contributed by atoms with Gasteiger partial charge in [0, 0.05) is 17.8 Å². The minimum absolute atomic E-state index is 0.159. The Morgan fingerprint density at radius 1 is 1.56 bits per heavy atom. The molecule has 16 heavy (non-hydrogen) atoms. The summed E-state index contributed by atoms with van der Waals surface area (Å²) in [6.45, 7) is 1.98. The molecule has 86 valence electrons. The van der Waals surface area contributed by atoms with Crippen LogP contribution in [0.4, 0.5) is 5.69 Å². The quantitative estimate of drug-likeness (QED) is 0.748. The first kappa shape index (κ1) is 10.7. The summed E-state index contributed by atoms with van der Waals surface area (Å²) in [5, 5.41) is 0. The van der Waals surface area contributed by atoms with Crippen LogP contribution < -0.4 is 11.3 Å². The number of carbonyl (C=O) groups excluding carboxylic acids is 1. The fourth-order valence-electron chi connectivity index (χ4n) is 1.67. The fraction of sp³-hybridized carbons (Fsp3) is 0.455. The second kappa shape index (κ2) is 3.37. The number of hydrogen-bond acceptors (Lipinski definition) is 4. The van der Waals surface area contributed by atoms with E-state index in [4.69, 9.17) is 5.73 Å². The Hall–Kier alpha value is -1.78. The lowest BCUT2D eigenvalue weighted by atomic mass is 10.2. The third-order valence-corrected chi connectivity index (χ3v) is 3.05. The molecule has 0 saturated heterocycles. The van der Waals surface area contributed by atoms with Gasteiger partial charge in [-0.15, -0.1) is 0 Å². The van der Waals surface area contributed by atoms with Crippen molar-refractivity contribution in [3.63, 3.8) is 0 Å². The minimum atomic E-state index is -0.518. The maximum atomic E-state index is 11.7. The van der Waals surface area contributed by atoms with Gasteiger partial charge >= 0.3 is 5.97 Å². The van der Waals surface area contributed by atoms with E-state index in [1.54, 1.807) is 4.57 Å². The lowest BCUT2D eigenvalue weighted by Gasteiger charge is -2.15. The van der Waals surface area contributed by atoms with E-state index in [1.807, 2.05) is 6.92 Å². The largest absolute Gasteiger partial charge is 0.465 e. The molecule has 0 spiro atoms. The zero-order valence-electron chi connectivity index (χ0n) is 9.32. The molecule has 0 aliphatic heterocycles. The number of methoxy groups -OCH3 is 1. The van der Waals surface area contributed by atoms with Crippen LogP contribution >= 0.6 is 0 Å². The van der Waals surface area contributed by atoms with Crippen molar-refractivity contribution in [2.45, 2.75) is 25.3 Å². The number of anilines is 1. The van der Waals surface area contributed by atoms with Crippen LogP contribution in [0.3, 0.4) is 0 Å². The number of rotatable bonds is 2. The molecule has 1 saturated carbocycles. The first-order chi connectivity index (χ1) is 7.48. The summed E-state index contributed by atoms with van der Waals surface area (Å²) < 4.78 is 6.18. The number of esters is 1. The molecule has 0 bridgehead atoms. The van der Waals surface area contributed by atoms with E-state index in [2.05, 4.69) is 4.74 Å². The highest BCUT2D eigenvalue weighted by molar-refractivity contribution is 5.94. The molecule has 1 aliphatic rings. The standard InChI is InChI=1S/C11H14N2O3/c1-11(3-4-11)13-6-7(10(15)16-2)8(12)5-9(13)14/h5-6H,3-4,12H2,1-2H3. The van der Waals surface area contributed by atoms with E-state index in [0.717, 1.165) is 12.8 Å². The average Bonchev–Trinajstić information content (AvgIpc) is 2.96. The number of hydrogen-bond donors (Lipinski definition) is 1. The lowest BCUT2D eigenvalue weighted by molar-refractivity contribution is 0.0600. The molecule has 2 N–H and O–H groups in total. The molecule has 1 fully saturated rings. The summed E-state index contributed by atoms with van der Waals surface area (Å²) in [6.07, 6.45) is 3.38. The van der Waals surface area contributed by atoms with E-state index in [9.17, 15) is 9.59 Å². The molecule has 1 aromatic heterocycles. The van der Waals surface area contributed by atoms with Gasteiger partial charge in [-0.3, -0.25) is 4.79 Å². The lowest BCUT2D eigenvalue weighted by Crippen LogP contribution is -2.29. The summed E-state index contributed by atoms with van der Waals surface area (Å²) in [5.74, 6) is -0.518. The predicted molar refractivity (Wildman–Crippen MR) is 59.3 cm³/mol. The van der Waals surface area contributed by atoms with Gasteiger partial charge in [0.25, 0.3) is 5.56 Å². The molecule has 0 radical (unpaired) electrons. The van der Waals surface area contributed by atoms with E-state index >= 15 is 0 Å². The van der Waals surface area contributed by atoms with E-state index in [-0.39, 0.29) is 22.3 Å². The predicted octanol–water partition coefficient (Wildman–Crippen LogP) is 0.726. The van der Waals surface area contributed by atoms with Crippen molar-refractivity contribution in [1.82, 2.24) is 4.57 Å². The smallest absolute Gasteiger partial charge is 0.341 e. The Morgan fingerprint density at radius 3 is 2.69 bits per heavy atom. The third-order valence-electron chi connectivity index (χ3n) is 3.05. The number of nitrogens with two attached hydrogens (primary N) is 1. The van der Waals surface area contributed by atoms with Gasteiger partial charge in [-0.1, -0.05) is 0 Å². The maximum absolute atomic E-state index is 11.7. The second-order valence-corrected chi connectivity index (χ2v) is 4.34. The van der Waals surface area contributed by atoms with Gasteiger partial charge in [-0.05, 0) is 19.8 Å². The first-order valence-corrected chi connectivity index (χ1v) is 5.09. The van der Waals surface area contributed by atoms with Crippen molar-refractivity contribution in [2.24, 2.45) is 0 Å². The number of aromatic nitrogens is 1. The highest BCUT2D eigenvalue weighted by Gasteiger charge is 2.40. The number of ether oxygens (including phenoxy) is 1. The SMILES string of the molecule is COC(=O)c1cn(C2(C)CC2)c(=O)cc1N. The van der Waals surface area contributed by atoms with Crippen molar-refractivity contribution in [3.05, 3.63) is 28.2 Å². The molecule has 0 amide bonds. The maximum Gasteiger partial charge on any atom is 0.341 e. The van der Waals surface area contributed by atoms with Crippen LogP contribution in [-0.2, 0) is 10.3 Å². The fourth-order valence-corrected chi connectivity index (χ4v) is 1.67. The molecule has 0 atom stereocenters. The van der Waals surface area contributed by atoms with E-state index < -0.39 is 5.97 Å². The summed E-state index contributed by atoms with van der Waals surface area (Å²) in [4.78, 5) is 23.1. The van der Waals surface area contributed by atoms with Crippen LogP contribution in [0, 0.1) is 0 Å². The second-order valence-electron chi connectivity index (χ2n) is 4.34.